The van der Waals surface area contributed by atoms with Gasteiger partial charge in [-0.1, -0.05) is 29.9 Å². The van der Waals surface area contributed by atoms with Gasteiger partial charge >= 0.3 is 0 Å². The lowest BCUT2D eigenvalue weighted by Gasteiger charge is -2.07. The molecule has 2 aromatic rings. The molecule has 1 amide bonds. The van der Waals surface area contributed by atoms with Crippen molar-refractivity contribution in [2.24, 2.45) is 5.73 Å². The number of benzene rings is 1. The smallest absolute Gasteiger partial charge is 0.258 e. The third kappa shape index (κ3) is 2.91. The lowest BCUT2D eigenvalue weighted by Crippen LogP contribution is -2.17. The van der Waals surface area contributed by atoms with E-state index in [2.05, 4.69) is 15.5 Å². The van der Waals surface area contributed by atoms with E-state index >= 15 is 0 Å². The van der Waals surface area contributed by atoms with Crippen LogP contribution in [0.2, 0.25) is 5.02 Å². The minimum absolute atomic E-state index is 0.152. The van der Waals surface area contributed by atoms with Crippen molar-refractivity contribution >= 4 is 40.5 Å². The molecule has 0 spiro atoms. The predicted molar refractivity (Wildman–Crippen MR) is 78.6 cm³/mol. The second kappa shape index (κ2) is 5.38. The number of carbonyl (C=O) groups is 1. The largest absolute Gasteiger partial charge is 0.389 e. The number of nitrogens with two attached hydrogens (primary N) is 1. The number of hydrogen-bond donors (Lipinski definition) is 3. The van der Waals surface area contributed by atoms with Gasteiger partial charge in [-0.15, -0.1) is 0 Å². The van der Waals surface area contributed by atoms with Crippen LogP contribution in [0.3, 0.4) is 0 Å². The van der Waals surface area contributed by atoms with Crippen molar-refractivity contribution in [2.75, 3.05) is 5.32 Å². The van der Waals surface area contributed by atoms with E-state index in [1.807, 2.05) is 13.0 Å². The molecular weight excluding hydrogens is 284 g/mol. The summed E-state index contributed by atoms with van der Waals surface area (Å²) in [5, 5.41) is 9.44. The van der Waals surface area contributed by atoms with Crippen LogP contribution in [0.25, 0.3) is 0 Å². The molecule has 2 rings (SSSR count). The number of nitrogens with zero attached hydrogens (tertiary/aromatic N) is 1. The Morgan fingerprint density at radius 3 is 2.84 bits per heavy atom. The van der Waals surface area contributed by atoms with Crippen LogP contribution in [-0.2, 0) is 0 Å². The number of hydrogen-bond acceptors (Lipinski definition) is 3. The SMILES string of the molecule is Cc1ccc(C(=O)Nc2[nH]ncc2C(N)=S)c(Cl)c1. The molecule has 19 heavy (non-hydrogen) atoms. The number of nitrogens with one attached hydrogen (secondary N) is 2. The van der Waals surface area contributed by atoms with Gasteiger partial charge in [-0.05, 0) is 24.6 Å². The van der Waals surface area contributed by atoms with E-state index in [0.717, 1.165) is 5.56 Å². The third-order valence-corrected chi connectivity index (χ3v) is 3.05. The topological polar surface area (TPSA) is 83.8 Å². The molecule has 0 saturated carbocycles. The molecule has 98 valence electrons. The lowest BCUT2D eigenvalue weighted by molar-refractivity contribution is 0.102. The second-order valence-electron chi connectivity index (χ2n) is 3.96. The van der Waals surface area contributed by atoms with Crippen LogP contribution >= 0.6 is 23.8 Å². The van der Waals surface area contributed by atoms with Crippen molar-refractivity contribution in [2.45, 2.75) is 6.92 Å². The van der Waals surface area contributed by atoms with E-state index in [-0.39, 0.29) is 10.9 Å². The molecule has 0 unspecified atom stereocenters. The van der Waals surface area contributed by atoms with Crippen LogP contribution in [0.4, 0.5) is 5.82 Å². The van der Waals surface area contributed by atoms with Crippen molar-refractivity contribution in [1.29, 1.82) is 0 Å². The quantitative estimate of drug-likeness (QED) is 0.758. The number of aromatic nitrogens is 2. The fraction of sp³-hybridized carbons (Fsp3) is 0.0833. The first kappa shape index (κ1) is 13.5. The predicted octanol–water partition coefficient (Wildman–Crippen LogP) is 2.26. The Kier molecular flexibility index (Phi) is 3.82. The van der Waals surface area contributed by atoms with Crippen LogP contribution in [0, 0.1) is 6.92 Å². The summed E-state index contributed by atoms with van der Waals surface area (Å²) in [6.07, 6.45) is 1.45. The summed E-state index contributed by atoms with van der Waals surface area (Å²) < 4.78 is 0. The zero-order valence-electron chi connectivity index (χ0n) is 10.0. The van der Waals surface area contributed by atoms with Gasteiger partial charge in [0.25, 0.3) is 5.91 Å². The summed E-state index contributed by atoms with van der Waals surface area (Å²) in [6, 6.07) is 5.18. The first-order valence-corrected chi connectivity index (χ1v) is 6.18. The Morgan fingerprint density at radius 1 is 1.47 bits per heavy atom. The van der Waals surface area contributed by atoms with Crippen LogP contribution < -0.4 is 11.1 Å². The number of aromatic amines is 1. The number of aryl methyl sites for hydroxylation is 1. The van der Waals surface area contributed by atoms with E-state index in [4.69, 9.17) is 29.6 Å². The molecule has 4 N–H and O–H groups in total. The highest BCUT2D eigenvalue weighted by Gasteiger charge is 2.14. The van der Waals surface area contributed by atoms with Gasteiger partial charge in [-0.25, -0.2) is 0 Å². The van der Waals surface area contributed by atoms with E-state index in [9.17, 15) is 4.79 Å². The number of carbonyl (C=O) groups excluding carboxylic acids is 1. The number of thiocarbonyl (C=S) groups is 1. The monoisotopic (exact) mass is 294 g/mol. The van der Waals surface area contributed by atoms with Gasteiger partial charge in [-0.3, -0.25) is 9.89 Å². The maximum Gasteiger partial charge on any atom is 0.258 e. The van der Waals surface area contributed by atoms with Gasteiger partial charge in [0.1, 0.15) is 10.8 Å². The summed E-state index contributed by atoms with van der Waals surface area (Å²) in [6.45, 7) is 1.90. The molecule has 0 aliphatic heterocycles. The van der Waals surface area contributed by atoms with Gasteiger partial charge in [0, 0.05) is 0 Å². The molecule has 1 aromatic heterocycles. The average molecular weight is 295 g/mol. The van der Waals surface area contributed by atoms with E-state index in [1.165, 1.54) is 6.20 Å². The molecule has 0 aliphatic rings. The summed E-state index contributed by atoms with van der Waals surface area (Å²) in [5.74, 6) is 0.000826. The van der Waals surface area contributed by atoms with Crippen LogP contribution in [0.5, 0.6) is 0 Å². The number of rotatable bonds is 3. The molecule has 1 aromatic carbocycles. The molecule has 0 saturated heterocycles. The van der Waals surface area contributed by atoms with Crippen LogP contribution in [-0.4, -0.2) is 21.1 Å². The number of H-pyrrole nitrogens is 1. The normalized spacial score (nSPS) is 10.2. The summed E-state index contributed by atoms with van der Waals surface area (Å²) in [4.78, 5) is 12.2. The maximum atomic E-state index is 12.1. The fourth-order valence-electron chi connectivity index (χ4n) is 1.55. The van der Waals surface area contributed by atoms with Crippen LogP contribution in [0.1, 0.15) is 21.5 Å². The first-order valence-electron chi connectivity index (χ1n) is 5.39. The third-order valence-electron chi connectivity index (χ3n) is 2.51. The molecule has 0 bridgehead atoms. The van der Waals surface area contributed by atoms with Crippen molar-refractivity contribution in [3.63, 3.8) is 0 Å². The Labute approximate surface area is 120 Å². The molecule has 5 nitrogen and oxygen atoms in total. The molecule has 0 atom stereocenters. The van der Waals surface area contributed by atoms with Gasteiger partial charge in [-0.2, -0.15) is 5.10 Å². The van der Waals surface area contributed by atoms with Crippen molar-refractivity contribution in [3.8, 4) is 0 Å². The van der Waals surface area contributed by atoms with Gasteiger partial charge in [0.2, 0.25) is 0 Å². The minimum atomic E-state index is -0.355. The molecule has 0 radical (unpaired) electrons. The molecular formula is C12H11ClN4OS. The highest BCUT2D eigenvalue weighted by Crippen LogP contribution is 2.19. The Hall–Kier alpha value is -1.92. The summed E-state index contributed by atoms with van der Waals surface area (Å²) >= 11 is 10.9. The second-order valence-corrected chi connectivity index (χ2v) is 4.81. The fourth-order valence-corrected chi connectivity index (χ4v) is 2.03. The lowest BCUT2D eigenvalue weighted by atomic mass is 10.1. The number of halogens is 1. The molecule has 7 heteroatoms. The standard InChI is InChI=1S/C12H11ClN4OS/c1-6-2-3-7(9(13)4-6)12(18)16-11-8(10(14)19)5-15-17-11/h2-5H,1H3,(H2,14,19)(H2,15,16,17,18). The Morgan fingerprint density at radius 2 is 2.21 bits per heavy atom. The van der Waals surface area contributed by atoms with E-state index in [1.54, 1.807) is 12.1 Å². The van der Waals surface area contributed by atoms with Crippen LogP contribution in [0.15, 0.2) is 24.4 Å². The highest BCUT2D eigenvalue weighted by atomic mass is 35.5. The zero-order chi connectivity index (χ0) is 14.0. The molecule has 0 aliphatic carbocycles. The summed E-state index contributed by atoms with van der Waals surface area (Å²) in [7, 11) is 0. The van der Waals surface area contributed by atoms with Gasteiger partial charge < -0.3 is 11.1 Å². The van der Waals surface area contributed by atoms with Crippen molar-refractivity contribution in [1.82, 2.24) is 10.2 Å². The van der Waals surface area contributed by atoms with Crippen molar-refractivity contribution < 1.29 is 4.79 Å². The van der Waals surface area contributed by atoms with E-state index in [0.29, 0.717) is 22.0 Å². The zero-order valence-corrected chi connectivity index (χ0v) is 11.6. The number of amides is 1. The summed E-state index contributed by atoms with van der Waals surface area (Å²) in [5.41, 5.74) is 7.35. The first-order chi connectivity index (χ1) is 8.99. The van der Waals surface area contributed by atoms with Crippen molar-refractivity contribution in [3.05, 3.63) is 46.1 Å². The molecule has 1 heterocycles. The molecule has 0 fully saturated rings. The van der Waals surface area contributed by atoms with Gasteiger partial charge in [0.15, 0.2) is 0 Å². The van der Waals surface area contributed by atoms with E-state index < -0.39 is 0 Å². The van der Waals surface area contributed by atoms with Gasteiger partial charge in [0.05, 0.1) is 22.3 Å². The Balaban J connectivity index is 2.26. The number of anilines is 1. The average Bonchev–Trinajstić information content (AvgIpc) is 2.76. The maximum absolute atomic E-state index is 12.1. The minimum Gasteiger partial charge on any atom is -0.389 e. The Bertz CT molecular complexity index is 653. The highest BCUT2D eigenvalue weighted by molar-refractivity contribution is 7.80.